The highest BCUT2D eigenvalue weighted by atomic mass is 19.1. The summed E-state index contributed by atoms with van der Waals surface area (Å²) < 4.78 is 46.5. The Morgan fingerprint density at radius 3 is 2.48 bits per heavy atom. The van der Waals surface area contributed by atoms with Gasteiger partial charge < -0.3 is 43.6 Å². The molecule has 65 heavy (non-hydrogen) atoms. The lowest BCUT2D eigenvalue weighted by molar-refractivity contribution is -0.384. The molecule has 1 fully saturated rings. The summed E-state index contributed by atoms with van der Waals surface area (Å²) in [5.74, 6) is -1.12. The van der Waals surface area contributed by atoms with Crippen LogP contribution in [0.25, 0.3) is 0 Å². The predicted octanol–water partition coefficient (Wildman–Crippen LogP) is 8.65. The first kappa shape index (κ1) is 45.3. The zero-order chi connectivity index (χ0) is 45.5. The number of amides is 1. The van der Waals surface area contributed by atoms with Crippen molar-refractivity contribution in [2.75, 3.05) is 33.7 Å². The lowest BCUT2D eigenvalue weighted by Crippen LogP contribution is -2.69. The minimum absolute atomic E-state index is 0.000589. The van der Waals surface area contributed by atoms with Crippen LogP contribution in [0, 0.1) is 33.7 Å². The molecule has 2 aliphatic heterocycles. The number of non-ortho nitro benzene ring substituents is 1. The lowest BCUT2D eigenvalue weighted by atomic mass is 9.55. The number of ether oxygens (including phenoxy) is 5. The summed E-state index contributed by atoms with van der Waals surface area (Å²) in [5.41, 5.74) is 3.66. The minimum atomic E-state index is -1.50. The summed E-state index contributed by atoms with van der Waals surface area (Å²) in [7, 11) is 1.72. The number of allylic oxidation sites excluding steroid dienone is 1. The number of nitrogens with zero attached hydrogens (tertiary/aromatic N) is 3. The van der Waals surface area contributed by atoms with Gasteiger partial charge in [0.1, 0.15) is 36.6 Å². The van der Waals surface area contributed by atoms with E-state index in [0.717, 1.165) is 36.8 Å². The van der Waals surface area contributed by atoms with Gasteiger partial charge in [0.15, 0.2) is 11.5 Å². The van der Waals surface area contributed by atoms with Crippen LogP contribution in [0.15, 0.2) is 114 Å². The number of carbonyl (C=O) groups excluding carboxylic acids is 1. The smallest absolute Gasteiger partial charge is 0.269 e. The van der Waals surface area contributed by atoms with Crippen LogP contribution in [0.2, 0.25) is 0 Å². The summed E-state index contributed by atoms with van der Waals surface area (Å²) in [6, 6.07) is 22.4. The van der Waals surface area contributed by atoms with Gasteiger partial charge in [-0.25, -0.2) is 4.39 Å². The number of rotatable bonds is 20. The number of unbranched alkanes of at least 4 members (excludes halogenated alkanes) is 2. The Balaban J connectivity index is 1.28. The van der Waals surface area contributed by atoms with E-state index in [4.69, 9.17) is 33.7 Å². The largest absolute Gasteiger partial charge is 0.489 e. The van der Waals surface area contributed by atoms with Crippen LogP contribution in [0.1, 0.15) is 77.9 Å². The molecule has 0 aromatic heterocycles. The highest BCUT2D eigenvalue weighted by molar-refractivity contribution is 6.03. The molecular weight excluding hydrogens is 838 g/mol. The fraction of sp³-hybridized carbons (Fsp3) is 0.400. The Morgan fingerprint density at radius 2 is 1.72 bits per heavy atom. The van der Waals surface area contributed by atoms with Crippen LogP contribution in [-0.4, -0.2) is 77.1 Å². The third-order valence-electron chi connectivity index (χ3n) is 13.0. The average Bonchev–Trinajstić information content (AvgIpc) is 3.80. The number of oxime groups is 1. The number of halogens is 1. The van der Waals surface area contributed by atoms with Crippen LogP contribution < -0.4 is 18.9 Å². The maximum Gasteiger partial charge on any atom is 0.269 e. The summed E-state index contributed by atoms with van der Waals surface area (Å²) in [5, 5.41) is 36.1. The van der Waals surface area contributed by atoms with E-state index in [9.17, 15) is 29.5 Å². The zero-order valence-corrected chi connectivity index (χ0v) is 36.3. The number of nitro groups is 1. The Kier molecular flexibility index (Phi) is 14.1. The quantitative estimate of drug-likeness (QED) is 0.0377. The standard InChI is InChI=1S/C50H54FN3O11/c1-3-24-63-50-46(53(2)49(57)34-16-20-44-45(26-34)62-31-61-44)28-42(52-64-29-32-14-17-36(18-15-32)54(58)59)39-25-33(10-6-8-22-55)38(12-7-9-23-56)47(48(39)50)40-27-37(19-21-43(40)65-50)60-30-35-11-4-5-13-41(35)51/h3-5,11,13-21,25-27,33,38,46-48,55-56H,1,6-10,12,22-24,28-31H2,2H3/t33-,38+,46-,47+,48+,50+/m0/s1. The summed E-state index contributed by atoms with van der Waals surface area (Å²) in [4.78, 5) is 33.4. The molecule has 6 atom stereocenters. The van der Waals surface area contributed by atoms with Crippen LogP contribution in [0.4, 0.5) is 10.1 Å². The number of aliphatic hydroxyl groups is 2. The fourth-order valence-corrected chi connectivity index (χ4v) is 9.87. The lowest BCUT2D eigenvalue weighted by Gasteiger charge is -2.59. The van der Waals surface area contributed by atoms with Gasteiger partial charge in [0.05, 0.1) is 23.2 Å². The van der Waals surface area contributed by atoms with Gasteiger partial charge in [0, 0.05) is 61.4 Å². The zero-order valence-electron chi connectivity index (χ0n) is 36.3. The molecule has 14 nitrogen and oxygen atoms in total. The molecule has 8 rings (SSSR count). The van der Waals surface area contributed by atoms with E-state index in [0.29, 0.717) is 58.2 Å². The number of fused-ring (bicyclic) bond motifs is 3. The van der Waals surface area contributed by atoms with E-state index in [2.05, 4.69) is 12.7 Å². The number of hydrogen-bond acceptors (Lipinski definition) is 12. The van der Waals surface area contributed by atoms with Crippen molar-refractivity contribution in [2.45, 2.75) is 75.9 Å². The second-order valence-electron chi connectivity index (χ2n) is 16.8. The number of nitro benzene ring substituents is 1. The van der Waals surface area contributed by atoms with Gasteiger partial charge in [0.25, 0.3) is 11.6 Å². The highest BCUT2D eigenvalue weighted by Crippen LogP contribution is 2.62. The van der Waals surface area contributed by atoms with Crippen molar-refractivity contribution in [2.24, 2.45) is 22.9 Å². The topological polar surface area (TPSA) is 172 Å². The Labute approximate surface area is 377 Å². The third-order valence-corrected chi connectivity index (χ3v) is 13.0. The van der Waals surface area contributed by atoms with E-state index < -0.39 is 22.7 Å². The molecule has 0 spiro atoms. The number of benzene rings is 4. The van der Waals surface area contributed by atoms with Gasteiger partial charge in [0.2, 0.25) is 12.6 Å². The molecule has 0 saturated heterocycles. The van der Waals surface area contributed by atoms with Crippen LogP contribution >= 0.6 is 0 Å². The van der Waals surface area contributed by atoms with E-state index in [1.54, 1.807) is 72.6 Å². The van der Waals surface area contributed by atoms with Crippen molar-refractivity contribution in [3.05, 3.63) is 147 Å². The van der Waals surface area contributed by atoms with E-state index in [1.807, 2.05) is 12.1 Å². The summed E-state index contributed by atoms with van der Waals surface area (Å²) >= 11 is 0. The number of hydrogen-bond donors (Lipinski definition) is 2. The average molecular weight is 892 g/mol. The Morgan fingerprint density at radius 1 is 0.969 bits per heavy atom. The molecule has 4 aromatic carbocycles. The molecule has 4 aliphatic rings. The molecule has 2 aliphatic carbocycles. The second kappa shape index (κ2) is 20.3. The van der Waals surface area contributed by atoms with Crippen LogP contribution in [-0.2, 0) is 22.8 Å². The molecule has 0 radical (unpaired) electrons. The van der Waals surface area contributed by atoms with Gasteiger partial charge in [-0.05, 0) is 103 Å². The van der Waals surface area contributed by atoms with Crippen LogP contribution in [0.3, 0.4) is 0 Å². The monoisotopic (exact) mass is 891 g/mol. The van der Waals surface area contributed by atoms with Crippen LogP contribution in [0.5, 0.6) is 23.0 Å². The number of carbonyl (C=O) groups is 1. The molecule has 2 N–H and O–H groups in total. The number of likely N-dealkylation sites (N-methyl/N-ethyl adjacent to an activating group) is 1. The number of aliphatic hydroxyl groups excluding tert-OH is 2. The predicted molar refractivity (Wildman–Crippen MR) is 238 cm³/mol. The first-order valence-corrected chi connectivity index (χ1v) is 22.1. The molecule has 15 heteroatoms. The van der Waals surface area contributed by atoms with E-state index in [-0.39, 0.29) is 81.4 Å². The summed E-state index contributed by atoms with van der Waals surface area (Å²) in [6.07, 6.45) is 8.22. The maximum atomic E-state index is 14.8. The van der Waals surface area contributed by atoms with Crippen molar-refractivity contribution < 1.29 is 52.8 Å². The molecule has 1 saturated carbocycles. The molecule has 0 bridgehead atoms. The molecule has 1 amide bonds. The van der Waals surface area contributed by atoms with Crippen molar-refractivity contribution in [3.8, 4) is 23.0 Å². The molecule has 2 heterocycles. The first-order valence-electron chi connectivity index (χ1n) is 22.1. The third kappa shape index (κ3) is 9.44. The Hall–Kier alpha value is -6.29. The SMILES string of the molecule is C=CCO[C@@]12Oc3ccc(OCc4ccccc4F)cc3[C@H]3[C@H](CCCCO)[C@@H](CCCCO)C=C(C(=NOCc4ccc([N+](=O)[O-])cc4)C[C@@H]1N(C)C(=O)c1ccc4c(c1)OCO4)[C@H]32. The Bertz CT molecular complexity index is 2430. The maximum absolute atomic E-state index is 14.8. The van der Waals surface area contributed by atoms with Gasteiger partial charge in [-0.2, -0.15) is 0 Å². The normalized spacial score (nSPS) is 23.1. The molecule has 4 aromatic rings. The summed E-state index contributed by atoms with van der Waals surface area (Å²) in [6.45, 7) is 4.23. The van der Waals surface area contributed by atoms with Gasteiger partial charge >= 0.3 is 0 Å². The van der Waals surface area contributed by atoms with Gasteiger partial charge in [-0.15, -0.1) is 6.58 Å². The van der Waals surface area contributed by atoms with E-state index >= 15 is 0 Å². The van der Waals surface area contributed by atoms with Crippen molar-refractivity contribution >= 4 is 17.3 Å². The minimum Gasteiger partial charge on any atom is -0.489 e. The molecule has 0 unspecified atom stereocenters. The molecular formula is C50H54FN3O11. The highest BCUT2D eigenvalue weighted by Gasteiger charge is 2.65. The van der Waals surface area contributed by atoms with Crippen molar-refractivity contribution in [3.63, 3.8) is 0 Å². The van der Waals surface area contributed by atoms with Gasteiger partial charge in [-0.1, -0.05) is 48.3 Å². The van der Waals surface area contributed by atoms with E-state index in [1.165, 1.54) is 18.2 Å². The van der Waals surface area contributed by atoms with Gasteiger partial charge in [-0.3, -0.25) is 14.9 Å². The van der Waals surface area contributed by atoms with Crippen molar-refractivity contribution in [1.29, 1.82) is 0 Å². The molecule has 342 valence electrons. The first-order chi connectivity index (χ1) is 31.6. The fourth-order valence-electron chi connectivity index (χ4n) is 9.87. The second-order valence-corrected chi connectivity index (χ2v) is 16.8. The van der Waals surface area contributed by atoms with Crippen molar-refractivity contribution in [1.82, 2.24) is 4.90 Å².